The van der Waals surface area contributed by atoms with Gasteiger partial charge >= 0.3 is 0 Å². The number of rotatable bonds is 4. The van der Waals surface area contributed by atoms with Gasteiger partial charge in [0.1, 0.15) is 0 Å². The molecule has 0 radical (unpaired) electrons. The van der Waals surface area contributed by atoms with Crippen LogP contribution < -0.4 is 5.32 Å². The topological polar surface area (TPSA) is 42.0 Å². The highest BCUT2D eigenvalue weighted by Gasteiger charge is 2.05. The summed E-state index contributed by atoms with van der Waals surface area (Å²) in [7, 11) is 0. The highest BCUT2D eigenvalue weighted by atomic mass is 16.1. The van der Waals surface area contributed by atoms with Crippen LogP contribution in [0.25, 0.3) is 11.1 Å². The molecule has 0 spiro atoms. The average molecular weight is 288 g/mol. The van der Waals surface area contributed by atoms with Gasteiger partial charge in [-0.15, -0.1) is 0 Å². The van der Waals surface area contributed by atoms with E-state index in [1.54, 1.807) is 12.4 Å². The third-order valence-corrected chi connectivity index (χ3v) is 3.43. The van der Waals surface area contributed by atoms with Crippen LogP contribution in [-0.2, 0) is 6.54 Å². The molecule has 0 saturated carbocycles. The minimum absolute atomic E-state index is 0.0801. The second kappa shape index (κ2) is 6.68. The van der Waals surface area contributed by atoms with Crippen molar-refractivity contribution in [1.82, 2.24) is 10.3 Å². The zero-order valence-corrected chi connectivity index (χ0v) is 12.1. The first-order chi connectivity index (χ1) is 10.8. The molecule has 1 amide bonds. The number of carbonyl (C=O) groups excluding carboxylic acids is 1. The summed E-state index contributed by atoms with van der Waals surface area (Å²) >= 11 is 0. The van der Waals surface area contributed by atoms with Crippen LogP contribution in [0.4, 0.5) is 0 Å². The monoisotopic (exact) mass is 288 g/mol. The van der Waals surface area contributed by atoms with E-state index >= 15 is 0 Å². The number of aromatic nitrogens is 1. The van der Waals surface area contributed by atoms with Crippen molar-refractivity contribution in [2.45, 2.75) is 6.54 Å². The molecule has 0 saturated heterocycles. The Morgan fingerprint density at radius 3 is 2.27 bits per heavy atom. The first kappa shape index (κ1) is 14.0. The molecule has 1 aromatic heterocycles. The summed E-state index contributed by atoms with van der Waals surface area (Å²) < 4.78 is 0. The largest absolute Gasteiger partial charge is 0.348 e. The van der Waals surface area contributed by atoms with Gasteiger partial charge in [-0.05, 0) is 34.9 Å². The molecule has 22 heavy (non-hydrogen) atoms. The lowest BCUT2D eigenvalue weighted by molar-refractivity contribution is 0.0951. The maximum Gasteiger partial charge on any atom is 0.251 e. The molecule has 1 heterocycles. The van der Waals surface area contributed by atoms with E-state index in [4.69, 9.17) is 0 Å². The van der Waals surface area contributed by atoms with Crippen LogP contribution in [0.3, 0.4) is 0 Å². The summed E-state index contributed by atoms with van der Waals surface area (Å²) in [6.07, 6.45) is 3.46. The Morgan fingerprint density at radius 2 is 1.59 bits per heavy atom. The van der Waals surface area contributed by atoms with Gasteiger partial charge in [0.05, 0.1) is 0 Å². The van der Waals surface area contributed by atoms with E-state index in [2.05, 4.69) is 22.4 Å². The Kier molecular flexibility index (Phi) is 4.25. The second-order valence-electron chi connectivity index (χ2n) is 4.99. The van der Waals surface area contributed by atoms with E-state index in [-0.39, 0.29) is 5.91 Å². The number of hydrogen-bond donors (Lipinski definition) is 1. The molecule has 0 fully saturated rings. The first-order valence-electron chi connectivity index (χ1n) is 7.15. The summed E-state index contributed by atoms with van der Waals surface area (Å²) in [5.74, 6) is -0.0801. The Labute approximate surface area is 129 Å². The Balaban J connectivity index is 1.66. The molecule has 3 aromatic rings. The van der Waals surface area contributed by atoms with Gasteiger partial charge in [0.2, 0.25) is 0 Å². The maximum absolute atomic E-state index is 12.1. The minimum atomic E-state index is -0.0801. The Morgan fingerprint density at radius 1 is 0.864 bits per heavy atom. The molecule has 3 rings (SSSR count). The smallest absolute Gasteiger partial charge is 0.251 e. The average Bonchev–Trinajstić information content (AvgIpc) is 2.61. The van der Waals surface area contributed by atoms with E-state index in [0.29, 0.717) is 12.1 Å². The number of nitrogens with one attached hydrogen (secondary N) is 1. The third kappa shape index (κ3) is 3.38. The fourth-order valence-corrected chi connectivity index (χ4v) is 2.23. The number of carbonyl (C=O) groups is 1. The van der Waals surface area contributed by atoms with Gasteiger partial charge in [0.15, 0.2) is 0 Å². The molecule has 1 N–H and O–H groups in total. The van der Waals surface area contributed by atoms with Crippen molar-refractivity contribution in [2.75, 3.05) is 0 Å². The number of benzene rings is 2. The normalized spacial score (nSPS) is 10.2. The molecular weight excluding hydrogens is 272 g/mol. The van der Waals surface area contributed by atoms with E-state index in [0.717, 1.165) is 16.7 Å². The summed E-state index contributed by atoms with van der Waals surface area (Å²) in [4.78, 5) is 16.2. The lowest BCUT2D eigenvalue weighted by Crippen LogP contribution is -2.22. The highest BCUT2D eigenvalue weighted by Crippen LogP contribution is 2.19. The molecule has 0 aliphatic carbocycles. The number of nitrogens with zero attached hydrogens (tertiary/aromatic N) is 1. The maximum atomic E-state index is 12.1. The van der Waals surface area contributed by atoms with Crippen LogP contribution in [0.15, 0.2) is 79.1 Å². The lowest BCUT2D eigenvalue weighted by Gasteiger charge is -2.06. The summed E-state index contributed by atoms with van der Waals surface area (Å²) in [5, 5.41) is 2.90. The number of amides is 1. The minimum Gasteiger partial charge on any atom is -0.348 e. The predicted molar refractivity (Wildman–Crippen MR) is 87.3 cm³/mol. The molecule has 0 aliphatic heterocycles. The molecule has 0 unspecified atom stereocenters. The molecule has 0 atom stereocenters. The van der Waals surface area contributed by atoms with Gasteiger partial charge in [-0.3, -0.25) is 9.78 Å². The number of hydrogen-bond acceptors (Lipinski definition) is 2. The van der Waals surface area contributed by atoms with Crippen molar-refractivity contribution in [3.63, 3.8) is 0 Å². The van der Waals surface area contributed by atoms with Gasteiger partial charge in [0, 0.05) is 24.5 Å². The predicted octanol–water partition coefficient (Wildman–Crippen LogP) is 3.68. The zero-order valence-electron chi connectivity index (χ0n) is 12.1. The fourth-order valence-electron chi connectivity index (χ4n) is 2.23. The van der Waals surface area contributed by atoms with Gasteiger partial charge in [-0.2, -0.15) is 0 Å². The highest BCUT2D eigenvalue weighted by molar-refractivity contribution is 5.94. The quantitative estimate of drug-likeness (QED) is 0.795. The molecule has 2 aromatic carbocycles. The fraction of sp³-hybridized carbons (Fsp3) is 0.0526. The molecular formula is C19H16N2O. The molecule has 108 valence electrons. The second-order valence-corrected chi connectivity index (χ2v) is 4.99. The van der Waals surface area contributed by atoms with Crippen molar-refractivity contribution in [3.05, 3.63) is 90.3 Å². The van der Waals surface area contributed by atoms with Gasteiger partial charge in [-0.25, -0.2) is 0 Å². The third-order valence-electron chi connectivity index (χ3n) is 3.43. The summed E-state index contributed by atoms with van der Waals surface area (Å²) in [6.45, 7) is 0.479. The van der Waals surface area contributed by atoms with Crippen LogP contribution >= 0.6 is 0 Å². The lowest BCUT2D eigenvalue weighted by atomic mass is 10.0. The van der Waals surface area contributed by atoms with Crippen molar-refractivity contribution in [1.29, 1.82) is 0 Å². The van der Waals surface area contributed by atoms with Gasteiger partial charge < -0.3 is 5.32 Å². The molecule has 3 nitrogen and oxygen atoms in total. The number of pyridine rings is 1. The van der Waals surface area contributed by atoms with Crippen LogP contribution in [-0.4, -0.2) is 10.9 Å². The van der Waals surface area contributed by atoms with E-state index in [9.17, 15) is 4.79 Å². The summed E-state index contributed by atoms with van der Waals surface area (Å²) in [5.41, 5.74) is 3.88. The van der Waals surface area contributed by atoms with Gasteiger partial charge in [0.25, 0.3) is 5.91 Å². The van der Waals surface area contributed by atoms with Crippen molar-refractivity contribution >= 4 is 5.91 Å². The van der Waals surface area contributed by atoms with E-state index in [1.807, 2.05) is 54.6 Å². The van der Waals surface area contributed by atoms with Gasteiger partial charge in [-0.1, -0.05) is 48.5 Å². The van der Waals surface area contributed by atoms with E-state index in [1.165, 1.54) is 0 Å². The standard InChI is InChI=1S/C19H16N2O/c22-19(21-14-15-5-4-12-20-13-15)18-10-8-17(9-11-18)16-6-2-1-3-7-16/h1-13H,14H2,(H,21,22). The summed E-state index contributed by atoms with van der Waals surface area (Å²) in [6, 6.07) is 21.5. The Hall–Kier alpha value is -2.94. The van der Waals surface area contributed by atoms with Crippen LogP contribution in [0, 0.1) is 0 Å². The van der Waals surface area contributed by atoms with E-state index < -0.39 is 0 Å². The van der Waals surface area contributed by atoms with Crippen LogP contribution in [0.1, 0.15) is 15.9 Å². The van der Waals surface area contributed by atoms with Crippen LogP contribution in [0.5, 0.6) is 0 Å². The Bertz CT molecular complexity index is 737. The van der Waals surface area contributed by atoms with Crippen LogP contribution in [0.2, 0.25) is 0 Å². The first-order valence-corrected chi connectivity index (χ1v) is 7.15. The molecule has 3 heteroatoms. The van der Waals surface area contributed by atoms with Crippen molar-refractivity contribution < 1.29 is 4.79 Å². The SMILES string of the molecule is O=C(NCc1cccnc1)c1ccc(-c2ccccc2)cc1. The van der Waals surface area contributed by atoms with Crippen molar-refractivity contribution in [2.24, 2.45) is 0 Å². The molecule has 0 aliphatic rings. The molecule has 0 bridgehead atoms. The zero-order chi connectivity index (χ0) is 15.2. The van der Waals surface area contributed by atoms with Crippen molar-refractivity contribution in [3.8, 4) is 11.1 Å².